The molecule has 1 heterocycles. The van der Waals surface area contributed by atoms with E-state index in [4.69, 9.17) is 12.2 Å². The minimum absolute atomic E-state index is 0.804. The molecule has 0 spiro atoms. The molecule has 0 fully saturated rings. The standard InChI is InChI=1S/C16H13NS2/c1-11-7-8-14-13(9-11)15(19-16(18)17-14)10-12-5-3-2-4-6-12/h2-10H,1H3,(H,17,18)/b15-10-. The molecule has 1 aliphatic heterocycles. The van der Waals surface area contributed by atoms with Gasteiger partial charge in [0.15, 0.2) is 0 Å². The fourth-order valence-electron chi connectivity index (χ4n) is 2.07. The average molecular weight is 283 g/mol. The first kappa shape index (κ1) is 12.5. The van der Waals surface area contributed by atoms with Gasteiger partial charge in [-0.25, -0.2) is 0 Å². The van der Waals surface area contributed by atoms with Crippen LogP contribution >= 0.6 is 24.0 Å². The second kappa shape index (κ2) is 5.19. The van der Waals surface area contributed by atoms with Crippen molar-refractivity contribution in [2.75, 3.05) is 5.32 Å². The lowest BCUT2D eigenvalue weighted by atomic mass is 10.1. The summed E-state index contributed by atoms with van der Waals surface area (Å²) in [6.45, 7) is 2.11. The molecule has 0 amide bonds. The SMILES string of the molecule is Cc1ccc2c(c1)/C(=C/c1ccccc1)SC(=S)N2. The van der Waals surface area contributed by atoms with Gasteiger partial charge in [-0.15, -0.1) is 0 Å². The number of hydrogen-bond acceptors (Lipinski definition) is 2. The Hall–Kier alpha value is -1.58. The van der Waals surface area contributed by atoms with Crippen molar-refractivity contribution in [1.82, 2.24) is 0 Å². The molecule has 0 bridgehead atoms. The summed E-state index contributed by atoms with van der Waals surface area (Å²) in [4.78, 5) is 1.20. The van der Waals surface area contributed by atoms with Crippen molar-refractivity contribution in [3.63, 3.8) is 0 Å². The van der Waals surface area contributed by atoms with Gasteiger partial charge in [-0.2, -0.15) is 0 Å². The molecule has 1 nitrogen and oxygen atoms in total. The van der Waals surface area contributed by atoms with E-state index in [0.717, 1.165) is 10.0 Å². The van der Waals surface area contributed by atoms with Crippen LogP contribution < -0.4 is 5.32 Å². The smallest absolute Gasteiger partial charge is 0.143 e. The first-order valence-corrected chi connectivity index (χ1v) is 7.31. The lowest BCUT2D eigenvalue weighted by molar-refractivity contribution is 1.45. The van der Waals surface area contributed by atoms with E-state index in [0.29, 0.717) is 0 Å². The van der Waals surface area contributed by atoms with Crippen molar-refractivity contribution in [2.45, 2.75) is 6.92 Å². The summed E-state index contributed by atoms with van der Waals surface area (Å²) in [5, 5.41) is 3.26. The Bertz CT molecular complexity index is 660. The quantitative estimate of drug-likeness (QED) is 0.745. The van der Waals surface area contributed by atoms with Crippen molar-refractivity contribution < 1.29 is 0 Å². The van der Waals surface area contributed by atoms with E-state index in [1.165, 1.54) is 21.6 Å². The van der Waals surface area contributed by atoms with Crippen LogP contribution in [0.15, 0.2) is 48.5 Å². The highest BCUT2D eigenvalue weighted by atomic mass is 32.2. The molecule has 94 valence electrons. The maximum absolute atomic E-state index is 5.32. The van der Waals surface area contributed by atoms with Gasteiger partial charge < -0.3 is 5.32 Å². The largest absolute Gasteiger partial charge is 0.340 e. The fraction of sp³-hybridized carbons (Fsp3) is 0.0625. The van der Waals surface area contributed by atoms with Crippen LogP contribution in [0, 0.1) is 6.92 Å². The predicted octanol–water partition coefficient (Wildman–Crippen LogP) is 4.94. The molecule has 1 N–H and O–H groups in total. The number of anilines is 1. The highest BCUT2D eigenvalue weighted by Gasteiger charge is 2.17. The van der Waals surface area contributed by atoms with Crippen LogP contribution in [0.2, 0.25) is 0 Å². The third-order valence-electron chi connectivity index (χ3n) is 2.98. The minimum Gasteiger partial charge on any atom is -0.340 e. The molecular weight excluding hydrogens is 270 g/mol. The molecule has 19 heavy (non-hydrogen) atoms. The van der Waals surface area contributed by atoms with Crippen LogP contribution in [-0.2, 0) is 0 Å². The first-order valence-electron chi connectivity index (χ1n) is 6.09. The maximum atomic E-state index is 5.32. The molecule has 3 rings (SSSR count). The molecule has 2 aromatic carbocycles. The molecule has 0 aromatic heterocycles. The molecule has 0 unspecified atom stereocenters. The highest BCUT2D eigenvalue weighted by Crippen LogP contribution is 2.40. The number of benzene rings is 2. The molecule has 0 saturated carbocycles. The molecule has 0 aliphatic carbocycles. The second-order valence-electron chi connectivity index (χ2n) is 4.48. The van der Waals surface area contributed by atoms with Crippen LogP contribution in [0.1, 0.15) is 16.7 Å². The van der Waals surface area contributed by atoms with E-state index in [1.807, 2.05) is 18.2 Å². The van der Waals surface area contributed by atoms with E-state index in [2.05, 4.69) is 48.6 Å². The number of rotatable bonds is 1. The normalized spacial score (nSPS) is 16.1. The van der Waals surface area contributed by atoms with Crippen molar-refractivity contribution in [3.8, 4) is 0 Å². The van der Waals surface area contributed by atoms with E-state index in [1.54, 1.807) is 11.8 Å². The number of thioether (sulfide) groups is 1. The number of aryl methyl sites for hydroxylation is 1. The van der Waals surface area contributed by atoms with Crippen molar-refractivity contribution in [3.05, 3.63) is 65.2 Å². The number of thiocarbonyl (C=S) groups is 1. The van der Waals surface area contributed by atoms with Gasteiger partial charge in [0.05, 0.1) is 0 Å². The summed E-state index contributed by atoms with van der Waals surface area (Å²) >= 11 is 6.93. The van der Waals surface area contributed by atoms with Gasteiger partial charge in [-0.3, -0.25) is 0 Å². The molecular formula is C16H13NS2. The van der Waals surface area contributed by atoms with Crippen molar-refractivity contribution in [1.29, 1.82) is 0 Å². The topological polar surface area (TPSA) is 12.0 Å². The lowest BCUT2D eigenvalue weighted by Crippen LogP contribution is -2.11. The second-order valence-corrected chi connectivity index (χ2v) is 6.20. The molecule has 0 radical (unpaired) electrons. The number of fused-ring (bicyclic) bond motifs is 1. The zero-order valence-electron chi connectivity index (χ0n) is 10.5. The summed E-state index contributed by atoms with van der Waals surface area (Å²) < 4.78 is 0.804. The lowest BCUT2D eigenvalue weighted by Gasteiger charge is -2.21. The van der Waals surface area contributed by atoms with E-state index < -0.39 is 0 Å². The van der Waals surface area contributed by atoms with Gasteiger partial charge in [0.2, 0.25) is 0 Å². The van der Waals surface area contributed by atoms with E-state index in [-0.39, 0.29) is 0 Å². The van der Waals surface area contributed by atoms with Gasteiger partial charge >= 0.3 is 0 Å². The highest BCUT2D eigenvalue weighted by molar-refractivity contribution is 8.29. The molecule has 0 saturated heterocycles. The Balaban J connectivity index is 2.10. The van der Waals surface area contributed by atoms with Crippen LogP contribution in [-0.4, -0.2) is 4.32 Å². The third kappa shape index (κ3) is 2.72. The van der Waals surface area contributed by atoms with Gasteiger partial charge in [-0.05, 0) is 30.7 Å². The van der Waals surface area contributed by atoms with Crippen molar-refractivity contribution >= 4 is 45.0 Å². The monoisotopic (exact) mass is 283 g/mol. The van der Waals surface area contributed by atoms with Crippen molar-refractivity contribution in [2.24, 2.45) is 0 Å². The van der Waals surface area contributed by atoms with E-state index in [9.17, 15) is 0 Å². The molecule has 3 heteroatoms. The number of nitrogens with one attached hydrogen (secondary N) is 1. The Labute approximate surface area is 122 Å². The Kier molecular flexibility index (Phi) is 3.40. The van der Waals surface area contributed by atoms with Gasteiger partial charge in [-0.1, -0.05) is 65.9 Å². The molecule has 1 aliphatic rings. The first-order chi connectivity index (χ1) is 9.22. The summed E-state index contributed by atoms with van der Waals surface area (Å²) in [7, 11) is 0. The Morgan fingerprint density at radius 1 is 1.11 bits per heavy atom. The zero-order valence-corrected chi connectivity index (χ0v) is 12.1. The van der Waals surface area contributed by atoms with E-state index >= 15 is 0 Å². The van der Waals surface area contributed by atoms with Crippen LogP contribution in [0.25, 0.3) is 11.0 Å². The van der Waals surface area contributed by atoms with Crippen LogP contribution in [0.3, 0.4) is 0 Å². The zero-order chi connectivity index (χ0) is 13.2. The fourth-order valence-corrected chi connectivity index (χ4v) is 3.28. The molecule has 2 aromatic rings. The predicted molar refractivity (Wildman–Crippen MR) is 89.3 cm³/mol. The molecule has 0 atom stereocenters. The minimum atomic E-state index is 0.804. The van der Waals surface area contributed by atoms with Gasteiger partial charge in [0.1, 0.15) is 4.32 Å². The third-order valence-corrected chi connectivity index (χ3v) is 4.17. The Morgan fingerprint density at radius 2 is 1.89 bits per heavy atom. The summed E-state index contributed by atoms with van der Waals surface area (Å²) in [6.07, 6.45) is 2.19. The Morgan fingerprint density at radius 3 is 2.68 bits per heavy atom. The average Bonchev–Trinajstić information content (AvgIpc) is 2.41. The van der Waals surface area contributed by atoms with Crippen LogP contribution in [0.5, 0.6) is 0 Å². The summed E-state index contributed by atoms with van der Waals surface area (Å²) in [6, 6.07) is 16.7. The maximum Gasteiger partial charge on any atom is 0.143 e. The number of hydrogen-bond donors (Lipinski definition) is 1. The van der Waals surface area contributed by atoms with Crippen LogP contribution in [0.4, 0.5) is 5.69 Å². The van der Waals surface area contributed by atoms with Gasteiger partial charge in [0.25, 0.3) is 0 Å². The summed E-state index contributed by atoms with van der Waals surface area (Å²) in [5.74, 6) is 0. The van der Waals surface area contributed by atoms with Gasteiger partial charge in [0, 0.05) is 16.2 Å². The summed E-state index contributed by atoms with van der Waals surface area (Å²) in [5.41, 5.74) is 4.77.